The van der Waals surface area contributed by atoms with Gasteiger partial charge in [0.2, 0.25) is 0 Å². The second kappa shape index (κ2) is 12.7. The molecule has 3 fully saturated rings. The maximum Gasteiger partial charge on any atom is 0.309 e. The van der Waals surface area contributed by atoms with Crippen LogP contribution in [0.5, 0.6) is 0 Å². The number of carboxylic acid groups (broad SMARTS) is 1. The molecule has 0 heterocycles. The highest BCUT2D eigenvalue weighted by Gasteiger charge is 2.53. The van der Waals surface area contributed by atoms with E-state index >= 15 is 0 Å². The molecule has 220 valence electrons. The molecule has 3 rings (SSSR count). The Bertz CT molecular complexity index is 976. The Morgan fingerprint density at radius 1 is 1.23 bits per heavy atom. The molecule has 0 amide bonds. The molecule has 8 atom stereocenters. The molecule has 3 aliphatic rings. The lowest BCUT2D eigenvalue weighted by Crippen LogP contribution is -2.44. The van der Waals surface area contributed by atoms with E-state index in [2.05, 4.69) is 19.6 Å². The van der Waals surface area contributed by atoms with Crippen LogP contribution in [0.2, 0.25) is 0 Å². The number of hydrogen-bond acceptors (Lipinski definition) is 7. The molecule has 0 aromatic heterocycles. The minimum atomic E-state index is -1.39. The molecular weight excluding hydrogens is 500 g/mol. The normalized spacial score (nSPS) is 34.0. The summed E-state index contributed by atoms with van der Waals surface area (Å²) in [5, 5.41) is 50.3. The van der Waals surface area contributed by atoms with Crippen molar-refractivity contribution in [2.24, 2.45) is 29.1 Å². The summed E-state index contributed by atoms with van der Waals surface area (Å²) in [6.45, 7) is 11.1. The van der Waals surface area contributed by atoms with Gasteiger partial charge in [-0.3, -0.25) is 9.59 Å². The lowest BCUT2D eigenvalue weighted by atomic mass is 9.59. The summed E-state index contributed by atoms with van der Waals surface area (Å²) in [5.41, 5.74) is 1.44. The summed E-state index contributed by atoms with van der Waals surface area (Å²) in [6.07, 6.45) is 7.16. The van der Waals surface area contributed by atoms with E-state index in [1.807, 2.05) is 13.0 Å². The van der Waals surface area contributed by atoms with Gasteiger partial charge in [0.15, 0.2) is 0 Å². The molecule has 0 bridgehead atoms. The number of aliphatic hydroxyl groups excluding tert-OH is 3. The van der Waals surface area contributed by atoms with Crippen molar-refractivity contribution in [1.29, 1.82) is 0 Å². The minimum Gasteiger partial charge on any atom is -0.481 e. The van der Waals surface area contributed by atoms with Crippen LogP contribution in [-0.2, 0) is 14.3 Å². The number of carbonyl (C=O) groups is 2. The van der Waals surface area contributed by atoms with E-state index in [0.717, 1.165) is 37.7 Å². The van der Waals surface area contributed by atoms with Crippen LogP contribution in [0, 0.1) is 29.1 Å². The molecule has 0 spiro atoms. The van der Waals surface area contributed by atoms with Crippen molar-refractivity contribution in [3.8, 4) is 0 Å². The van der Waals surface area contributed by atoms with Gasteiger partial charge in [0, 0.05) is 6.42 Å². The number of rotatable bonds is 10. The van der Waals surface area contributed by atoms with Crippen molar-refractivity contribution in [3.63, 3.8) is 0 Å². The minimum absolute atomic E-state index is 0.0371. The van der Waals surface area contributed by atoms with Gasteiger partial charge in [0.25, 0.3) is 0 Å². The third-order valence-corrected chi connectivity index (χ3v) is 9.73. The Morgan fingerprint density at radius 3 is 2.56 bits per heavy atom. The lowest BCUT2D eigenvalue weighted by Gasteiger charge is -2.46. The molecule has 0 aliphatic heterocycles. The second-order valence-corrected chi connectivity index (χ2v) is 12.8. The number of fused-ring (bicyclic) bond motifs is 1. The molecule has 0 radical (unpaired) electrons. The standard InChI is InChI=1S/C31H48O8/c1-18-21(15-22(32)16-26(18)33)9-8-20-7-6-13-31(5)24(10-11-25(20)31)19(2)23(17-27(34)30(3,4)38)29(37)39-14-12-28(35)36/h8-9,19,22-27,32-34,38H,1,6-7,10-17H2,2-5H3,(H,35,36)/b20-8?,21-9-/t19-,22-,23?,24-,25?,26-,27?,31-/m1/s1. The third-order valence-electron chi connectivity index (χ3n) is 9.73. The molecule has 5 N–H and O–H groups in total. The fourth-order valence-electron chi connectivity index (χ4n) is 7.29. The Hall–Kier alpha value is -2.00. The Kier molecular flexibility index (Phi) is 10.2. The van der Waals surface area contributed by atoms with Gasteiger partial charge in [-0.2, -0.15) is 0 Å². The van der Waals surface area contributed by atoms with Gasteiger partial charge in [-0.25, -0.2) is 0 Å². The number of aliphatic carboxylic acids is 1. The van der Waals surface area contributed by atoms with E-state index in [-0.39, 0.29) is 36.7 Å². The second-order valence-electron chi connectivity index (χ2n) is 12.8. The summed E-state index contributed by atoms with van der Waals surface area (Å²) in [6, 6.07) is 0. The first-order chi connectivity index (χ1) is 18.1. The molecule has 0 aromatic carbocycles. The van der Waals surface area contributed by atoms with Crippen LogP contribution in [0.1, 0.15) is 85.5 Å². The van der Waals surface area contributed by atoms with Gasteiger partial charge < -0.3 is 30.3 Å². The average Bonchev–Trinajstić information content (AvgIpc) is 3.19. The van der Waals surface area contributed by atoms with E-state index in [1.165, 1.54) is 19.4 Å². The van der Waals surface area contributed by atoms with E-state index in [1.54, 1.807) is 0 Å². The highest BCUT2D eigenvalue weighted by molar-refractivity contribution is 5.73. The van der Waals surface area contributed by atoms with Crippen molar-refractivity contribution >= 4 is 11.9 Å². The van der Waals surface area contributed by atoms with Crippen molar-refractivity contribution in [2.45, 2.75) is 109 Å². The van der Waals surface area contributed by atoms with Crippen LogP contribution in [0.25, 0.3) is 0 Å². The summed E-state index contributed by atoms with van der Waals surface area (Å²) >= 11 is 0. The smallest absolute Gasteiger partial charge is 0.309 e. The SMILES string of the molecule is C=C1/C(=C\C=C2CCC[C@@]3(C)C2CC[C@@H]3[C@H](C)C(CC(O)C(C)(C)O)C(=O)OCCC(=O)O)C[C@@H](O)C[C@H]1O. The first-order valence-corrected chi connectivity index (χ1v) is 14.4. The van der Waals surface area contributed by atoms with Gasteiger partial charge >= 0.3 is 11.9 Å². The van der Waals surface area contributed by atoms with Gasteiger partial charge in [-0.15, -0.1) is 0 Å². The van der Waals surface area contributed by atoms with Crippen LogP contribution in [0.3, 0.4) is 0 Å². The van der Waals surface area contributed by atoms with E-state index in [9.17, 15) is 30.0 Å². The van der Waals surface area contributed by atoms with Crippen LogP contribution in [0.4, 0.5) is 0 Å². The van der Waals surface area contributed by atoms with Crippen molar-refractivity contribution < 1.29 is 39.9 Å². The number of ether oxygens (including phenoxy) is 1. The van der Waals surface area contributed by atoms with Crippen LogP contribution in [0.15, 0.2) is 35.5 Å². The zero-order valence-corrected chi connectivity index (χ0v) is 23.9. The quantitative estimate of drug-likeness (QED) is 0.258. The maximum atomic E-state index is 13.2. The zero-order chi connectivity index (χ0) is 29.1. The largest absolute Gasteiger partial charge is 0.481 e. The van der Waals surface area contributed by atoms with E-state index in [4.69, 9.17) is 9.84 Å². The van der Waals surface area contributed by atoms with Crippen LogP contribution >= 0.6 is 0 Å². The Labute approximate surface area is 232 Å². The van der Waals surface area contributed by atoms with Crippen molar-refractivity contribution in [2.75, 3.05) is 6.61 Å². The summed E-state index contributed by atoms with van der Waals surface area (Å²) < 4.78 is 5.35. The molecule has 8 heteroatoms. The number of carboxylic acids is 1. The average molecular weight is 549 g/mol. The Morgan fingerprint density at radius 2 is 1.92 bits per heavy atom. The first kappa shape index (κ1) is 31.5. The predicted octanol–water partition coefficient (Wildman–Crippen LogP) is 3.92. The molecule has 8 nitrogen and oxygen atoms in total. The van der Waals surface area contributed by atoms with Crippen LogP contribution in [-0.4, -0.2) is 68.0 Å². The molecule has 0 aromatic rings. The summed E-state index contributed by atoms with van der Waals surface area (Å²) in [7, 11) is 0. The molecule has 3 aliphatic carbocycles. The van der Waals surface area contributed by atoms with Crippen LogP contribution < -0.4 is 0 Å². The highest BCUT2D eigenvalue weighted by atomic mass is 16.5. The van der Waals surface area contributed by atoms with Crippen molar-refractivity contribution in [3.05, 3.63) is 35.5 Å². The Balaban J connectivity index is 1.83. The van der Waals surface area contributed by atoms with Gasteiger partial charge in [0.1, 0.15) is 6.61 Å². The number of esters is 1. The fourth-order valence-corrected chi connectivity index (χ4v) is 7.29. The maximum absolute atomic E-state index is 13.2. The molecule has 0 saturated heterocycles. The fraction of sp³-hybridized carbons (Fsp3) is 0.742. The third kappa shape index (κ3) is 7.40. The van der Waals surface area contributed by atoms with Gasteiger partial charge in [-0.1, -0.05) is 38.2 Å². The molecule has 39 heavy (non-hydrogen) atoms. The lowest BCUT2D eigenvalue weighted by molar-refractivity contribution is -0.156. The number of carbonyl (C=O) groups excluding carboxylic acids is 1. The summed E-state index contributed by atoms with van der Waals surface area (Å²) in [4.78, 5) is 24.1. The van der Waals surface area contributed by atoms with Gasteiger partial charge in [-0.05, 0) is 93.1 Å². The molecule has 3 saturated carbocycles. The molecule has 3 unspecified atom stereocenters. The van der Waals surface area contributed by atoms with Crippen molar-refractivity contribution in [1.82, 2.24) is 0 Å². The monoisotopic (exact) mass is 548 g/mol. The zero-order valence-electron chi connectivity index (χ0n) is 23.9. The number of aliphatic hydroxyl groups is 4. The first-order valence-electron chi connectivity index (χ1n) is 14.4. The number of allylic oxidation sites excluding steroid dienone is 3. The summed E-state index contributed by atoms with van der Waals surface area (Å²) in [5.74, 6) is -1.89. The topological polar surface area (TPSA) is 145 Å². The highest BCUT2D eigenvalue weighted by Crippen LogP contribution is 2.60. The predicted molar refractivity (Wildman–Crippen MR) is 148 cm³/mol. The van der Waals surface area contributed by atoms with E-state index < -0.39 is 41.8 Å². The van der Waals surface area contributed by atoms with Gasteiger partial charge in [0.05, 0.1) is 36.3 Å². The van der Waals surface area contributed by atoms with E-state index in [0.29, 0.717) is 24.3 Å². The number of hydrogen-bond donors (Lipinski definition) is 5. The molecular formula is C31H48O8.